The molecule has 0 aliphatic rings. The van der Waals surface area contributed by atoms with Crippen LogP contribution in [0.5, 0.6) is 5.75 Å². The van der Waals surface area contributed by atoms with Gasteiger partial charge in [0.15, 0.2) is 6.10 Å². The topological polar surface area (TPSA) is 113 Å². The first-order valence-corrected chi connectivity index (χ1v) is 9.39. The Morgan fingerprint density at radius 3 is 2.66 bits per heavy atom. The first-order valence-electron chi connectivity index (χ1n) is 9.39. The number of anilines is 1. The van der Waals surface area contributed by atoms with Gasteiger partial charge in [-0.1, -0.05) is 18.2 Å². The minimum Gasteiger partial charge on any atom is -0.494 e. The molecule has 152 valence electrons. The number of imidazole rings is 1. The highest BCUT2D eigenvalue weighted by Crippen LogP contribution is 2.20. The van der Waals surface area contributed by atoms with Gasteiger partial charge in [0.1, 0.15) is 5.75 Å². The normalized spacial score (nSPS) is 11.8. The maximum atomic E-state index is 12.3. The molecule has 1 aromatic heterocycles. The molecule has 0 spiro atoms. The molecular formula is C21H23N3O5. The van der Waals surface area contributed by atoms with Gasteiger partial charge in [0.2, 0.25) is 0 Å². The summed E-state index contributed by atoms with van der Waals surface area (Å²) in [4.78, 5) is 41.0. The highest BCUT2D eigenvalue weighted by Gasteiger charge is 2.18. The number of rotatable bonds is 8. The van der Waals surface area contributed by atoms with E-state index in [0.29, 0.717) is 29.7 Å². The van der Waals surface area contributed by atoms with Crippen LogP contribution in [0.3, 0.4) is 0 Å². The Hall–Kier alpha value is -3.55. The van der Waals surface area contributed by atoms with E-state index in [-0.39, 0.29) is 12.1 Å². The van der Waals surface area contributed by atoms with Crippen molar-refractivity contribution in [2.75, 3.05) is 11.9 Å². The number of nitrogens with one attached hydrogen (secondary N) is 3. The number of carbonyl (C=O) groups excluding carboxylic acids is 2. The second kappa shape index (κ2) is 9.09. The number of carbonyl (C=O) groups is 2. The van der Waals surface area contributed by atoms with Crippen LogP contribution >= 0.6 is 0 Å². The molecular weight excluding hydrogens is 374 g/mol. The lowest BCUT2D eigenvalue weighted by molar-refractivity contribution is -0.153. The molecule has 1 atom stereocenters. The van der Waals surface area contributed by atoms with Crippen molar-refractivity contribution in [2.24, 2.45) is 0 Å². The van der Waals surface area contributed by atoms with Gasteiger partial charge in [-0.25, -0.2) is 4.79 Å². The smallest absolute Gasteiger partial charge is 0.323 e. The summed E-state index contributed by atoms with van der Waals surface area (Å²) in [6.07, 6.45) is -0.357. The molecule has 0 saturated carbocycles. The maximum Gasteiger partial charge on any atom is 0.323 e. The monoisotopic (exact) mass is 397 g/mol. The minimum absolute atomic E-state index is 0.137. The summed E-state index contributed by atoms with van der Waals surface area (Å²) in [5, 5.41) is 2.68. The second-order valence-corrected chi connectivity index (χ2v) is 6.50. The molecule has 0 aliphatic carbocycles. The summed E-state index contributed by atoms with van der Waals surface area (Å²) in [5.74, 6) is -0.179. The van der Waals surface area contributed by atoms with Crippen LogP contribution in [0.25, 0.3) is 11.0 Å². The molecule has 8 heteroatoms. The number of H-pyrrole nitrogens is 2. The average molecular weight is 397 g/mol. The Labute approximate surface area is 167 Å². The van der Waals surface area contributed by atoms with Crippen LogP contribution in [-0.4, -0.2) is 34.6 Å². The molecule has 3 N–H and O–H groups in total. The van der Waals surface area contributed by atoms with Gasteiger partial charge >= 0.3 is 11.7 Å². The quantitative estimate of drug-likeness (QED) is 0.506. The van der Waals surface area contributed by atoms with Gasteiger partial charge in [-0.3, -0.25) is 9.59 Å². The van der Waals surface area contributed by atoms with Crippen molar-refractivity contribution in [3.8, 4) is 5.75 Å². The molecule has 0 fully saturated rings. The zero-order valence-electron chi connectivity index (χ0n) is 16.3. The Bertz CT molecular complexity index is 1070. The van der Waals surface area contributed by atoms with Crippen LogP contribution in [0.15, 0.2) is 47.3 Å². The van der Waals surface area contributed by atoms with E-state index in [4.69, 9.17) is 9.47 Å². The maximum absolute atomic E-state index is 12.3. The number of aromatic amines is 2. The predicted octanol–water partition coefficient (Wildman–Crippen LogP) is 2.76. The summed E-state index contributed by atoms with van der Waals surface area (Å²) in [6, 6.07) is 12.5. The third-order valence-electron chi connectivity index (χ3n) is 4.33. The van der Waals surface area contributed by atoms with Crippen LogP contribution in [0.2, 0.25) is 0 Å². The van der Waals surface area contributed by atoms with Gasteiger partial charge in [-0.2, -0.15) is 0 Å². The van der Waals surface area contributed by atoms with E-state index in [2.05, 4.69) is 15.3 Å². The zero-order valence-corrected chi connectivity index (χ0v) is 16.3. The van der Waals surface area contributed by atoms with Crippen molar-refractivity contribution in [1.82, 2.24) is 9.97 Å². The van der Waals surface area contributed by atoms with Crippen molar-refractivity contribution in [2.45, 2.75) is 32.8 Å². The lowest BCUT2D eigenvalue weighted by Gasteiger charge is -2.14. The number of amides is 1. The molecule has 0 aliphatic heterocycles. The van der Waals surface area contributed by atoms with Crippen molar-refractivity contribution in [1.29, 1.82) is 0 Å². The molecule has 0 unspecified atom stereocenters. The number of hydrogen-bond donors (Lipinski definition) is 3. The van der Waals surface area contributed by atoms with Gasteiger partial charge < -0.3 is 24.8 Å². The zero-order chi connectivity index (χ0) is 20.8. The van der Waals surface area contributed by atoms with Crippen LogP contribution in [-0.2, 0) is 20.7 Å². The summed E-state index contributed by atoms with van der Waals surface area (Å²) < 4.78 is 10.8. The molecule has 1 amide bonds. The fourth-order valence-electron chi connectivity index (χ4n) is 2.91. The number of ether oxygens (including phenoxy) is 2. The lowest BCUT2D eigenvalue weighted by atomic mass is 10.1. The predicted molar refractivity (Wildman–Crippen MR) is 109 cm³/mol. The number of aromatic nitrogens is 2. The highest BCUT2D eigenvalue weighted by atomic mass is 16.5. The van der Waals surface area contributed by atoms with Gasteiger partial charge in [0.05, 0.1) is 17.6 Å². The second-order valence-electron chi connectivity index (χ2n) is 6.50. The third-order valence-corrected chi connectivity index (χ3v) is 4.33. The molecule has 3 aromatic rings. The molecule has 0 saturated heterocycles. The Kier molecular flexibility index (Phi) is 6.33. The minimum atomic E-state index is -0.953. The number of fused-ring (bicyclic) bond motifs is 1. The average Bonchev–Trinajstić information content (AvgIpc) is 3.06. The first kappa shape index (κ1) is 20.2. The first-order chi connectivity index (χ1) is 14.0. The van der Waals surface area contributed by atoms with Crippen LogP contribution in [0, 0.1) is 0 Å². The van der Waals surface area contributed by atoms with E-state index in [1.165, 1.54) is 6.92 Å². The summed E-state index contributed by atoms with van der Waals surface area (Å²) in [5.41, 5.74) is 2.30. The van der Waals surface area contributed by atoms with E-state index in [1.54, 1.807) is 18.2 Å². The number of para-hydroxylation sites is 1. The van der Waals surface area contributed by atoms with E-state index < -0.39 is 18.0 Å². The van der Waals surface area contributed by atoms with Crippen LogP contribution in [0.4, 0.5) is 5.69 Å². The van der Waals surface area contributed by atoms with E-state index in [0.717, 1.165) is 11.3 Å². The molecule has 3 rings (SSSR count). The number of aryl methyl sites for hydroxylation is 1. The number of hydrogen-bond acceptors (Lipinski definition) is 5. The molecule has 0 radical (unpaired) electrons. The van der Waals surface area contributed by atoms with Crippen molar-refractivity contribution in [3.05, 3.63) is 58.5 Å². The summed E-state index contributed by atoms with van der Waals surface area (Å²) in [7, 11) is 0. The van der Waals surface area contributed by atoms with E-state index >= 15 is 0 Å². The summed E-state index contributed by atoms with van der Waals surface area (Å²) >= 11 is 0. The van der Waals surface area contributed by atoms with Gasteiger partial charge in [0.25, 0.3) is 5.91 Å². The fraction of sp³-hybridized carbons (Fsp3) is 0.286. The number of esters is 1. The number of benzene rings is 2. The van der Waals surface area contributed by atoms with Crippen LogP contribution < -0.4 is 15.7 Å². The highest BCUT2D eigenvalue weighted by molar-refractivity contribution is 5.96. The van der Waals surface area contributed by atoms with Crippen molar-refractivity contribution < 1.29 is 19.1 Å². The lowest BCUT2D eigenvalue weighted by Crippen LogP contribution is -2.30. The standard InChI is InChI=1S/C21H23N3O5/c1-3-28-18-7-5-4-6-14(18)8-11-19(25)29-13(2)20(26)22-15-9-10-16-17(12-15)24-21(27)23-16/h4-7,9-10,12-13H,3,8,11H2,1-2H3,(H,22,26)(H2,23,24,27)/t13-/m1/s1. The Morgan fingerprint density at radius 1 is 1.10 bits per heavy atom. The fourth-order valence-corrected chi connectivity index (χ4v) is 2.91. The molecule has 29 heavy (non-hydrogen) atoms. The Balaban J connectivity index is 1.53. The van der Waals surface area contributed by atoms with Crippen molar-refractivity contribution >= 4 is 28.6 Å². The SMILES string of the molecule is CCOc1ccccc1CCC(=O)O[C@H](C)C(=O)Nc1ccc2[nH]c(=O)[nH]c2c1. The molecule has 8 nitrogen and oxygen atoms in total. The van der Waals surface area contributed by atoms with Crippen LogP contribution in [0.1, 0.15) is 25.8 Å². The third kappa shape index (κ3) is 5.25. The van der Waals surface area contributed by atoms with Crippen molar-refractivity contribution in [3.63, 3.8) is 0 Å². The largest absolute Gasteiger partial charge is 0.494 e. The molecule has 1 heterocycles. The van der Waals surface area contributed by atoms with Gasteiger partial charge in [-0.05, 0) is 50.1 Å². The van der Waals surface area contributed by atoms with Gasteiger partial charge in [-0.15, -0.1) is 0 Å². The summed E-state index contributed by atoms with van der Waals surface area (Å²) in [6.45, 7) is 3.95. The molecule has 0 bridgehead atoms. The van der Waals surface area contributed by atoms with Gasteiger partial charge in [0, 0.05) is 12.1 Å². The Morgan fingerprint density at radius 2 is 1.86 bits per heavy atom. The van der Waals surface area contributed by atoms with E-state index in [1.807, 2.05) is 31.2 Å². The van der Waals surface area contributed by atoms with E-state index in [9.17, 15) is 14.4 Å². The molecule has 2 aromatic carbocycles.